The lowest BCUT2D eigenvalue weighted by atomic mass is 10.1. The van der Waals surface area contributed by atoms with Crippen LogP contribution in [0.25, 0.3) is 0 Å². The summed E-state index contributed by atoms with van der Waals surface area (Å²) in [7, 11) is -0.609. The second-order valence-corrected chi connectivity index (χ2v) is 7.26. The van der Waals surface area contributed by atoms with Crippen molar-refractivity contribution in [3.63, 3.8) is 0 Å². The van der Waals surface area contributed by atoms with E-state index in [4.69, 9.17) is 0 Å². The number of nitrogens with one attached hydrogen (secondary N) is 1. The monoisotopic (exact) mass is 233 g/mol. The van der Waals surface area contributed by atoms with Gasteiger partial charge in [0.05, 0.1) is 0 Å². The van der Waals surface area contributed by atoms with Gasteiger partial charge in [-0.2, -0.15) is 0 Å². The summed E-state index contributed by atoms with van der Waals surface area (Å²) in [6.07, 6.45) is 2.10. The first-order chi connectivity index (χ1) is 6.81. The Morgan fingerprint density at radius 3 is 2.27 bits per heavy atom. The third kappa shape index (κ3) is 12.0. The van der Waals surface area contributed by atoms with Gasteiger partial charge >= 0.3 is 0 Å². The summed E-state index contributed by atoms with van der Waals surface area (Å²) in [5.74, 6) is 2.38. The third-order valence-corrected chi connectivity index (χ3v) is 3.56. The number of rotatable bonds is 7. The highest BCUT2D eigenvalue weighted by atomic mass is 32.2. The molecule has 0 aliphatic rings. The summed E-state index contributed by atoms with van der Waals surface area (Å²) in [5.41, 5.74) is 0.180. The Hall–Kier alpha value is 0.110. The Bertz CT molecular complexity index is 185. The van der Waals surface area contributed by atoms with Crippen molar-refractivity contribution in [3.05, 3.63) is 0 Å². The molecule has 0 aromatic heterocycles. The van der Waals surface area contributed by atoms with E-state index in [0.717, 1.165) is 30.9 Å². The van der Waals surface area contributed by atoms with Crippen LogP contribution in [0.2, 0.25) is 0 Å². The molecule has 92 valence electrons. The molecule has 0 spiro atoms. The second-order valence-electron chi connectivity index (χ2n) is 5.56. The summed E-state index contributed by atoms with van der Waals surface area (Å²) in [5, 5.41) is 3.41. The minimum Gasteiger partial charge on any atom is -0.312 e. The van der Waals surface area contributed by atoms with Crippen LogP contribution in [-0.4, -0.2) is 27.8 Å². The Morgan fingerprint density at radius 1 is 1.20 bits per heavy atom. The van der Waals surface area contributed by atoms with E-state index in [1.54, 1.807) is 0 Å². The van der Waals surface area contributed by atoms with Crippen molar-refractivity contribution in [1.29, 1.82) is 0 Å². The topological polar surface area (TPSA) is 29.1 Å². The molecule has 0 radical (unpaired) electrons. The fourth-order valence-corrected chi connectivity index (χ4v) is 2.57. The number of hydrogen-bond donors (Lipinski definition) is 1. The number of hydrogen-bond acceptors (Lipinski definition) is 2. The van der Waals surface area contributed by atoms with Crippen molar-refractivity contribution in [1.82, 2.24) is 5.32 Å². The summed E-state index contributed by atoms with van der Waals surface area (Å²) >= 11 is 0. The molecular formula is C12H27NOS. The van der Waals surface area contributed by atoms with E-state index in [2.05, 4.69) is 39.9 Å². The molecule has 0 aliphatic heterocycles. The van der Waals surface area contributed by atoms with E-state index in [-0.39, 0.29) is 5.54 Å². The molecule has 0 fully saturated rings. The van der Waals surface area contributed by atoms with Crippen molar-refractivity contribution in [3.8, 4) is 0 Å². The fourth-order valence-electron chi connectivity index (χ4n) is 1.17. The normalized spacial score (nSPS) is 14.5. The van der Waals surface area contributed by atoms with Crippen LogP contribution in [0.15, 0.2) is 0 Å². The van der Waals surface area contributed by atoms with Gasteiger partial charge in [0.15, 0.2) is 0 Å². The van der Waals surface area contributed by atoms with Crippen LogP contribution >= 0.6 is 0 Å². The van der Waals surface area contributed by atoms with Crippen LogP contribution in [0.5, 0.6) is 0 Å². The zero-order valence-corrected chi connectivity index (χ0v) is 11.7. The lowest BCUT2D eigenvalue weighted by molar-refractivity contribution is 0.427. The van der Waals surface area contributed by atoms with Crippen LogP contribution in [0.3, 0.4) is 0 Å². The predicted octanol–water partition coefficient (Wildman–Crippen LogP) is 2.56. The molecule has 0 aromatic rings. The van der Waals surface area contributed by atoms with E-state index >= 15 is 0 Å². The highest BCUT2D eigenvalue weighted by Gasteiger charge is 2.08. The molecule has 3 heteroatoms. The first-order valence-electron chi connectivity index (χ1n) is 5.91. The summed E-state index contributed by atoms with van der Waals surface area (Å²) < 4.78 is 11.6. The molecule has 0 rings (SSSR count). The summed E-state index contributed by atoms with van der Waals surface area (Å²) in [6.45, 7) is 11.8. The summed E-state index contributed by atoms with van der Waals surface area (Å²) in [4.78, 5) is 0. The molecular weight excluding hydrogens is 206 g/mol. The van der Waals surface area contributed by atoms with E-state index in [1.165, 1.54) is 0 Å². The first kappa shape index (κ1) is 15.1. The average molecular weight is 233 g/mol. The maximum atomic E-state index is 11.6. The molecule has 0 saturated heterocycles. The fraction of sp³-hybridized carbons (Fsp3) is 1.00. The molecule has 0 aromatic carbocycles. The van der Waals surface area contributed by atoms with Crippen molar-refractivity contribution in [2.75, 3.05) is 18.1 Å². The largest absolute Gasteiger partial charge is 0.312 e. The highest BCUT2D eigenvalue weighted by molar-refractivity contribution is 7.84. The molecule has 0 aliphatic carbocycles. The molecule has 0 heterocycles. The molecule has 1 N–H and O–H groups in total. The molecule has 0 bridgehead atoms. The zero-order chi connectivity index (χ0) is 11.9. The van der Waals surface area contributed by atoms with E-state index in [1.807, 2.05) is 0 Å². The molecule has 2 nitrogen and oxygen atoms in total. The van der Waals surface area contributed by atoms with Gasteiger partial charge in [-0.15, -0.1) is 0 Å². The van der Waals surface area contributed by atoms with E-state index < -0.39 is 10.8 Å². The van der Waals surface area contributed by atoms with Crippen molar-refractivity contribution >= 4 is 10.8 Å². The van der Waals surface area contributed by atoms with E-state index in [9.17, 15) is 4.21 Å². The van der Waals surface area contributed by atoms with Crippen LogP contribution in [-0.2, 0) is 10.8 Å². The Kier molecular flexibility index (Phi) is 7.45. The Morgan fingerprint density at radius 2 is 1.80 bits per heavy atom. The minimum absolute atomic E-state index is 0.180. The highest BCUT2D eigenvalue weighted by Crippen LogP contribution is 2.02. The predicted molar refractivity (Wildman–Crippen MR) is 69.7 cm³/mol. The smallest absolute Gasteiger partial charge is 0.0246 e. The van der Waals surface area contributed by atoms with Crippen LogP contribution in [0.1, 0.15) is 47.5 Å². The average Bonchev–Trinajstić information content (AvgIpc) is 2.07. The van der Waals surface area contributed by atoms with Gasteiger partial charge in [0.2, 0.25) is 0 Å². The van der Waals surface area contributed by atoms with Crippen molar-refractivity contribution in [2.24, 2.45) is 5.92 Å². The molecule has 0 amide bonds. The SMILES string of the molecule is CC(C)CCS(=O)CCCNC(C)(C)C. The summed E-state index contributed by atoms with van der Waals surface area (Å²) in [6, 6.07) is 0. The Labute approximate surface area is 97.7 Å². The van der Waals surface area contributed by atoms with Gasteiger partial charge in [-0.05, 0) is 46.1 Å². The van der Waals surface area contributed by atoms with Gasteiger partial charge in [0.25, 0.3) is 0 Å². The molecule has 15 heavy (non-hydrogen) atoms. The van der Waals surface area contributed by atoms with Gasteiger partial charge < -0.3 is 5.32 Å². The third-order valence-electron chi connectivity index (χ3n) is 2.13. The van der Waals surface area contributed by atoms with Gasteiger partial charge in [-0.1, -0.05) is 13.8 Å². The van der Waals surface area contributed by atoms with Gasteiger partial charge in [0.1, 0.15) is 0 Å². The quantitative estimate of drug-likeness (QED) is 0.685. The van der Waals surface area contributed by atoms with Crippen LogP contribution in [0.4, 0.5) is 0 Å². The van der Waals surface area contributed by atoms with Crippen LogP contribution < -0.4 is 5.32 Å². The second kappa shape index (κ2) is 7.39. The van der Waals surface area contributed by atoms with E-state index in [0.29, 0.717) is 5.92 Å². The molecule has 0 saturated carbocycles. The first-order valence-corrected chi connectivity index (χ1v) is 7.40. The molecule has 1 unspecified atom stereocenters. The van der Waals surface area contributed by atoms with Crippen LogP contribution in [0, 0.1) is 5.92 Å². The molecule has 1 atom stereocenters. The lowest BCUT2D eigenvalue weighted by Crippen LogP contribution is -2.36. The van der Waals surface area contributed by atoms with Gasteiger partial charge in [0, 0.05) is 27.8 Å². The zero-order valence-electron chi connectivity index (χ0n) is 10.9. The maximum absolute atomic E-state index is 11.6. The van der Waals surface area contributed by atoms with Crippen molar-refractivity contribution < 1.29 is 4.21 Å². The maximum Gasteiger partial charge on any atom is 0.0246 e. The lowest BCUT2D eigenvalue weighted by Gasteiger charge is -2.20. The van der Waals surface area contributed by atoms with Gasteiger partial charge in [-0.25, -0.2) is 0 Å². The standard InChI is InChI=1S/C12H27NOS/c1-11(2)7-10-15(14)9-6-8-13-12(3,4)5/h11,13H,6-10H2,1-5H3. The van der Waals surface area contributed by atoms with Crippen molar-refractivity contribution in [2.45, 2.75) is 53.0 Å². The minimum atomic E-state index is -0.609. The Balaban J connectivity index is 3.40. The van der Waals surface area contributed by atoms with Gasteiger partial charge in [-0.3, -0.25) is 4.21 Å².